The molecule has 0 aliphatic heterocycles. The van der Waals surface area contributed by atoms with Gasteiger partial charge in [0.2, 0.25) is 10.0 Å². The second kappa shape index (κ2) is 7.89. The van der Waals surface area contributed by atoms with E-state index in [9.17, 15) is 13.2 Å². The fourth-order valence-electron chi connectivity index (χ4n) is 2.00. The van der Waals surface area contributed by atoms with Crippen LogP contribution in [0.25, 0.3) is 0 Å². The summed E-state index contributed by atoms with van der Waals surface area (Å²) in [5.41, 5.74) is 1.30. The van der Waals surface area contributed by atoms with Crippen molar-refractivity contribution in [2.24, 2.45) is 0 Å². The van der Waals surface area contributed by atoms with Crippen LogP contribution in [0.15, 0.2) is 59.5 Å². The van der Waals surface area contributed by atoms with Crippen LogP contribution in [0.3, 0.4) is 0 Å². The Morgan fingerprint density at radius 2 is 1.78 bits per heavy atom. The maximum absolute atomic E-state index is 12.2. The van der Waals surface area contributed by atoms with Gasteiger partial charge in [-0.3, -0.25) is 4.79 Å². The third-order valence-electron chi connectivity index (χ3n) is 3.24. The molecule has 0 fully saturated rings. The first-order valence-electron chi connectivity index (χ1n) is 7.45. The zero-order valence-corrected chi connectivity index (χ0v) is 13.8. The molecule has 0 heterocycles. The summed E-state index contributed by atoms with van der Waals surface area (Å²) in [6, 6.07) is 15.6. The van der Waals surface area contributed by atoms with Gasteiger partial charge in [0.25, 0.3) is 5.91 Å². The Bertz CT molecular complexity index is 758. The largest absolute Gasteiger partial charge is 0.348 e. The van der Waals surface area contributed by atoms with E-state index in [1.54, 1.807) is 12.1 Å². The smallest absolute Gasteiger partial charge is 0.251 e. The predicted molar refractivity (Wildman–Crippen MR) is 89.5 cm³/mol. The molecule has 2 N–H and O–H groups in total. The number of carbonyl (C=O) groups excluding carboxylic acids is 1. The second-order valence-corrected chi connectivity index (χ2v) is 6.86. The van der Waals surface area contributed by atoms with E-state index in [1.165, 1.54) is 12.1 Å². The van der Waals surface area contributed by atoms with Crippen molar-refractivity contribution in [3.63, 3.8) is 0 Å². The summed E-state index contributed by atoms with van der Waals surface area (Å²) in [5.74, 6) is -0.304. The Hall–Kier alpha value is -2.18. The monoisotopic (exact) mass is 332 g/mol. The molecule has 0 aromatic heterocycles. The van der Waals surface area contributed by atoms with Crippen molar-refractivity contribution in [2.45, 2.75) is 24.8 Å². The average Bonchev–Trinajstić information content (AvgIpc) is 2.59. The minimum absolute atomic E-state index is 0.0957. The maximum Gasteiger partial charge on any atom is 0.251 e. The minimum Gasteiger partial charge on any atom is -0.348 e. The van der Waals surface area contributed by atoms with Crippen LogP contribution in [0.4, 0.5) is 0 Å². The van der Waals surface area contributed by atoms with Gasteiger partial charge in [-0.2, -0.15) is 0 Å². The van der Waals surface area contributed by atoms with Gasteiger partial charge in [0.05, 0.1) is 4.90 Å². The second-order valence-electron chi connectivity index (χ2n) is 5.09. The number of nitrogens with one attached hydrogen (secondary N) is 2. The van der Waals surface area contributed by atoms with E-state index in [2.05, 4.69) is 10.0 Å². The van der Waals surface area contributed by atoms with Crippen molar-refractivity contribution >= 4 is 15.9 Å². The molecule has 0 saturated carbocycles. The van der Waals surface area contributed by atoms with Crippen LogP contribution >= 0.6 is 0 Å². The normalized spacial score (nSPS) is 11.2. The van der Waals surface area contributed by atoms with Crippen molar-refractivity contribution in [1.82, 2.24) is 10.0 Å². The van der Waals surface area contributed by atoms with Crippen LogP contribution in [-0.4, -0.2) is 20.9 Å². The highest BCUT2D eigenvalue weighted by molar-refractivity contribution is 7.89. The Balaban J connectivity index is 2.08. The summed E-state index contributed by atoms with van der Waals surface area (Å²) in [6.45, 7) is 2.65. The fourth-order valence-corrected chi connectivity index (χ4v) is 3.18. The molecule has 0 radical (unpaired) electrons. The van der Waals surface area contributed by atoms with Gasteiger partial charge in [-0.05, 0) is 30.2 Å². The summed E-state index contributed by atoms with van der Waals surface area (Å²) in [7, 11) is -3.58. The lowest BCUT2D eigenvalue weighted by Gasteiger charge is -2.08. The molecule has 5 nitrogen and oxygen atoms in total. The molecule has 0 bridgehead atoms. The quantitative estimate of drug-likeness (QED) is 0.817. The van der Waals surface area contributed by atoms with Crippen molar-refractivity contribution in [2.75, 3.05) is 6.54 Å². The lowest BCUT2D eigenvalue weighted by Crippen LogP contribution is -2.26. The topological polar surface area (TPSA) is 75.3 Å². The lowest BCUT2D eigenvalue weighted by atomic mass is 10.2. The minimum atomic E-state index is -3.58. The maximum atomic E-state index is 12.2. The molecule has 2 aromatic rings. The van der Waals surface area contributed by atoms with Crippen LogP contribution in [0.5, 0.6) is 0 Å². The Morgan fingerprint density at radius 1 is 1.04 bits per heavy atom. The number of benzene rings is 2. The first-order valence-corrected chi connectivity index (χ1v) is 8.93. The summed E-state index contributed by atoms with van der Waals surface area (Å²) in [4.78, 5) is 12.3. The highest BCUT2D eigenvalue weighted by Crippen LogP contribution is 2.12. The number of sulfonamides is 1. The summed E-state index contributed by atoms with van der Waals surface area (Å²) < 4.78 is 26.7. The van der Waals surface area contributed by atoms with Crippen molar-refractivity contribution in [3.05, 3.63) is 65.7 Å². The van der Waals surface area contributed by atoms with Gasteiger partial charge in [0.15, 0.2) is 0 Å². The van der Waals surface area contributed by atoms with Gasteiger partial charge in [-0.25, -0.2) is 13.1 Å². The molecule has 0 atom stereocenters. The van der Waals surface area contributed by atoms with Gasteiger partial charge in [-0.15, -0.1) is 0 Å². The molecule has 0 aliphatic rings. The third kappa shape index (κ3) is 4.91. The van der Waals surface area contributed by atoms with Gasteiger partial charge in [-0.1, -0.05) is 43.3 Å². The fraction of sp³-hybridized carbons (Fsp3) is 0.235. The van der Waals surface area contributed by atoms with Crippen LogP contribution in [-0.2, 0) is 16.6 Å². The van der Waals surface area contributed by atoms with E-state index in [1.807, 2.05) is 37.3 Å². The van der Waals surface area contributed by atoms with E-state index >= 15 is 0 Å². The molecule has 2 aromatic carbocycles. The molecule has 0 saturated heterocycles. The number of hydrogen-bond acceptors (Lipinski definition) is 3. The number of carbonyl (C=O) groups is 1. The van der Waals surface area contributed by atoms with Crippen LogP contribution in [0.1, 0.15) is 29.3 Å². The van der Waals surface area contributed by atoms with Crippen molar-refractivity contribution < 1.29 is 13.2 Å². The summed E-state index contributed by atoms with van der Waals surface area (Å²) in [6.07, 6.45) is 0.705. The van der Waals surface area contributed by atoms with E-state index in [0.29, 0.717) is 25.1 Å². The molecule has 0 spiro atoms. The molecular weight excluding hydrogens is 312 g/mol. The third-order valence-corrected chi connectivity index (χ3v) is 4.70. The average molecular weight is 332 g/mol. The summed E-state index contributed by atoms with van der Waals surface area (Å²) in [5, 5.41) is 2.78. The lowest BCUT2D eigenvalue weighted by molar-refractivity contribution is 0.0950. The predicted octanol–water partition coefficient (Wildman–Crippen LogP) is 2.30. The zero-order valence-electron chi connectivity index (χ0n) is 13.0. The SMILES string of the molecule is CCCNS(=O)(=O)c1cccc(C(=O)NCc2ccccc2)c1. The van der Waals surface area contributed by atoms with Crippen LogP contribution < -0.4 is 10.0 Å². The molecule has 2 rings (SSSR count). The molecule has 0 aliphatic carbocycles. The standard InChI is InChI=1S/C17H20N2O3S/c1-2-11-19-23(21,22)16-10-6-9-15(12-16)17(20)18-13-14-7-4-3-5-8-14/h3-10,12,19H,2,11,13H2,1H3,(H,18,20). The van der Waals surface area contributed by atoms with Crippen LogP contribution in [0, 0.1) is 0 Å². The first-order chi connectivity index (χ1) is 11.0. The molecule has 0 unspecified atom stereocenters. The molecule has 6 heteroatoms. The molecule has 23 heavy (non-hydrogen) atoms. The first kappa shape index (κ1) is 17.2. The Morgan fingerprint density at radius 3 is 2.48 bits per heavy atom. The zero-order chi connectivity index (χ0) is 16.7. The van der Waals surface area contributed by atoms with E-state index in [4.69, 9.17) is 0 Å². The Kier molecular flexibility index (Phi) is 5.90. The molecule has 1 amide bonds. The van der Waals surface area contributed by atoms with Crippen molar-refractivity contribution in [3.8, 4) is 0 Å². The van der Waals surface area contributed by atoms with Gasteiger partial charge in [0, 0.05) is 18.7 Å². The Labute approximate surface area is 136 Å². The van der Waals surface area contributed by atoms with Gasteiger partial charge >= 0.3 is 0 Å². The number of hydrogen-bond donors (Lipinski definition) is 2. The van der Waals surface area contributed by atoms with E-state index in [-0.39, 0.29) is 10.8 Å². The highest BCUT2D eigenvalue weighted by Gasteiger charge is 2.15. The summed E-state index contributed by atoms with van der Waals surface area (Å²) >= 11 is 0. The van der Waals surface area contributed by atoms with Crippen LogP contribution in [0.2, 0.25) is 0 Å². The van der Waals surface area contributed by atoms with E-state index in [0.717, 1.165) is 5.56 Å². The molecule has 122 valence electrons. The van der Waals surface area contributed by atoms with Crippen molar-refractivity contribution in [1.29, 1.82) is 0 Å². The number of amides is 1. The van der Waals surface area contributed by atoms with E-state index < -0.39 is 10.0 Å². The molecular formula is C17H20N2O3S. The van der Waals surface area contributed by atoms with Gasteiger partial charge < -0.3 is 5.32 Å². The highest BCUT2D eigenvalue weighted by atomic mass is 32.2. The number of rotatable bonds is 7. The van der Waals surface area contributed by atoms with Gasteiger partial charge in [0.1, 0.15) is 0 Å².